The molecule has 1 amide bonds. The molecule has 1 rings (SSSR count). The number of methoxy groups -OCH3 is 1. The minimum atomic E-state index is -0.464. The van der Waals surface area contributed by atoms with Crippen LogP contribution >= 0.6 is 11.6 Å². The van der Waals surface area contributed by atoms with Crippen LogP contribution in [0.1, 0.15) is 10.4 Å². The molecule has 0 fully saturated rings. The van der Waals surface area contributed by atoms with Crippen molar-refractivity contribution < 1.29 is 14.5 Å². The fraction of sp³-hybridized carbons (Fsp3) is 0.111. The maximum absolute atomic E-state index is 11.6. The number of carbonyl (C=O) groups is 1. The van der Waals surface area contributed by atoms with Gasteiger partial charge in [0, 0.05) is 5.02 Å². The number of nitrogens with two attached hydrogens (primary N) is 2. The van der Waals surface area contributed by atoms with Crippen molar-refractivity contribution in [3.05, 3.63) is 28.8 Å². The quantitative estimate of drug-likeness (QED) is 0.440. The smallest absolute Gasteiger partial charge is 0.346 e. The average Bonchev–Trinajstić information content (AvgIpc) is 2.16. The van der Waals surface area contributed by atoms with Crippen LogP contribution in [0.5, 0.6) is 5.75 Å². The van der Waals surface area contributed by atoms with Crippen molar-refractivity contribution in [2.75, 3.05) is 7.11 Å². The first-order valence-corrected chi connectivity index (χ1v) is 4.45. The van der Waals surface area contributed by atoms with E-state index in [0.29, 0.717) is 10.8 Å². The molecule has 0 atom stereocenters. The van der Waals surface area contributed by atoms with Gasteiger partial charge < -0.3 is 4.74 Å². The molecule has 80 valence electrons. The van der Waals surface area contributed by atoms with Gasteiger partial charge in [0.2, 0.25) is 0 Å². The first kappa shape index (κ1) is 11.3. The van der Waals surface area contributed by atoms with Crippen LogP contribution in [0.2, 0.25) is 5.02 Å². The molecule has 0 aliphatic heterocycles. The summed E-state index contributed by atoms with van der Waals surface area (Å²) in [5, 5.41) is 0.427. The van der Waals surface area contributed by atoms with Crippen LogP contribution in [0.4, 0.5) is 0 Å². The zero-order valence-corrected chi connectivity index (χ0v) is 8.84. The van der Waals surface area contributed by atoms with E-state index in [4.69, 9.17) is 27.8 Å². The lowest BCUT2D eigenvalue weighted by Crippen LogP contribution is -2.81. The summed E-state index contributed by atoms with van der Waals surface area (Å²) in [6.07, 6.45) is 0. The molecule has 6 heteroatoms. The van der Waals surface area contributed by atoms with Gasteiger partial charge in [0.25, 0.3) is 0 Å². The van der Waals surface area contributed by atoms with Gasteiger partial charge >= 0.3 is 11.9 Å². The van der Waals surface area contributed by atoms with Crippen molar-refractivity contribution >= 4 is 23.5 Å². The monoisotopic (exact) mass is 228 g/mol. The van der Waals surface area contributed by atoms with E-state index in [0.717, 1.165) is 0 Å². The normalized spacial score (nSPS) is 9.47. The molecule has 1 aromatic carbocycles. The predicted octanol–water partition coefficient (Wildman–Crippen LogP) is -1.16. The number of benzene rings is 1. The molecule has 0 aromatic heterocycles. The van der Waals surface area contributed by atoms with Crippen LogP contribution in [0.15, 0.2) is 18.2 Å². The van der Waals surface area contributed by atoms with E-state index in [1.165, 1.54) is 13.2 Å². The highest BCUT2D eigenvalue weighted by Gasteiger charge is 2.13. The molecule has 5 nitrogen and oxygen atoms in total. The van der Waals surface area contributed by atoms with E-state index in [9.17, 15) is 4.79 Å². The highest BCUT2D eigenvalue weighted by atomic mass is 35.5. The number of hydrogen-bond acceptors (Lipinski definition) is 2. The minimum Gasteiger partial charge on any atom is -0.496 e. The van der Waals surface area contributed by atoms with Gasteiger partial charge in [0.15, 0.2) is 0 Å². The third kappa shape index (κ3) is 2.85. The van der Waals surface area contributed by atoms with Crippen molar-refractivity contribution in [2.24, 2.45) is 11.5 Å². The van der Waals surface area contributed by atoms with Gasteiger partial charge in [-0.2, -0.15) is 0 Å². The number of guanidine groups is 1. The van der Waals surface area contributed by atoms with Crippen molar-refractivity contribution in [1.29, 1.82) is 0 Å². The maximum Gasteiger partial charge on any atom is 0.346 e. The molecule has 0 saturated heterocycles. The number of halogens is 1. The molecule has 0 unspecified atom stereocenters. The lowest BCUT2D eigenvalue weighted by molar-refractivity contribution is -0.347. The van der Waals surface area contributed by atoms with Crippen LogP contribution in [0, 0.1) is 0 Å². The van der Waals surface area contributed by atoms with Crippen molar-refractivity contribution in [2.45, 2.75) is 0 Å². The van der Waals surface area contributed by atoms with Crippen LogP contribution in [-0.2, 0) is 0 Å². The van der Waals surface area contributed by atoms with Crippen LogP contribution in [-0.4, -0.2) is 19.0 Å². The fourth-order valence-electron chi connectivity index (χ4n) is 1.06. The Labute approximate surface area is 91.7 Å². The molecule has 0 radical (unpaired) electrons. The molecule has 0 saturated carbocycles. The van der Waals surface area contributed by atoms with E-state index in [1.807, 2.05) is 0 Å². The van der Waals surface area contributed by atoms with Gasteiger partial charge in [-0.3, -0.25) is 16.3 Å². The predicted molar refractivity (Wildman–Crippen MR) is 56.7 cm³/mol. The molecule has 0 heterocycles. The fourth-order valence-corrected chi connectivity index (χ4v) is 1.23. The second-order valence-corrected chi connectivity index (χ2v) is 3.19. The second-order valence-electron chi connectivity index (χ2n) is 2.75. The van der Waals surface area contributed by atoms with E-state index >= 15 is 0 Å². The van der Waals surface area contributed by atoms with Crippen molar-refractivity contribution in [3.63, 3.8) is 0 Å². The van der Waals surface area contributed by atoms with Gasteiger partial charge in [-0.1, -0.05) is 11.6 Å². The number of carbonyl (C=O) groups excluding carboxylic acids is 1. The standard InChI is InChI=1S/C9H10ClN3O2/c1-15-7-3-2-5(10)4-6(7)8(14)13-9(11)12/h2-4H,1H3,(H4,11,12,13,14)/p+1. The Morgan fingerprint density at radius 1 is 1.47 bits per heavy atom. The summed E-state index contributed by atoms with van der Waals surface area (Å²) in [5.41, 5.74) is 10.6. The summed E-state index contributed by atoms with van der Waals surface area (Å²) < 4.78 is 4.99. The Morgan fingerprint density at radius 2 is 2.13 bits per heavy atom. The largest absolute Gasteiger partial charge is 0.496 e. The van der Waals surface area contributed by atoms with Gasteiger partial charge in [-0.15, -0.1) is 0 Å². The van der Waals surface area contributed by atoms with Gasteiger partial charge in [0.1, 0.15) is 5.75 Å². The summed E-state index contributed by atoms with van der Waals surface area (Å²) >= 11 is 5.75. The second kappa shape index (κ2) is 4.65. The SMILES string of the molecule is COc1ccc(Cl)cc1C(=O)[NH+]=C(N)N. The number of amides is 1. The summed E-state index contributed by atoms with van der Waals surface area (Å²) in [5.74, 6) is -0.241. The first-order valence-electron chi connectivity index (χ1n) is 4.07. The Bertz CT molecular complexity index is 414. The van der Waals surface area contributed by atoms with Gasteiger partial charge in [-0.05, 0) is 18.2 Å². The molecular weight excluding hydrogens is 218 g/mol. The topological polar surface area (TPSA) is 92.3 Å². The molecule has 0 bridgehead atoms. The van der Waals surface area contributed by atoms with Crippen molar-refractivity contribution in [3.8, 4) is 5.75 Å². The number of nitrogens with one attached hydrogen (secondary N) is 1. The molecule has 15 heavy (non-hydrogen) atoms. The van der Waals surface area contributed by atoms with E-state index in [1.54, 1.807) is 12.1 Å². The first-order chi connectivity index (χ1) is 7.04. The van der Waals surface area contributed by atoms with Crippen LogP contribution < -0.4 is 21.2 Å². The number of hydrogen-bond donors (Lipinski definition) is 3. The van der Waals surface area contributed by atoms with Crippen molar-refractivity contribution in [1.82, 2.24) is 0 Å². The Morgan fingerprint density at radius 3 is 2.67 bits per heavy atom. The molecule has 0 spiro atoms. The third-order valence-electron chi connectivity index (χ3n) is 1.66. The number of rotatable bonds is 2. The summed E-state index contributed by atoms with van der Waals surface area (Å²) in [6.45, 7) is 0. The third-order valence-corrected chi connectivity index (χ3v) is 1.90. The van der Waals surface area contributed by atoms with Crippen LogP contribution in [0.25, 0.3) is 0 Å². The highest BCUT2D eigenvalue weighted by Crippen LogP contribution is 2.21. The van der Waals surface area contributed by atoms with Gasteiger partial charge in [-0.25, -0.2) is 4.99 Å². The highest BCUT2D eigenvalue weighted by molar-refractivity contribution is 6.31. The van der Waals surface area contributed by atoms with Gasteiger partial charge in [0.05, 0.1) is 12.7 Å². The molecule has 0 aliphatic carbocycles. The Hall–Kier alpha value is -1.75. The van der Waals surface area contributed by atoms with E-state index in [-0.39, 0.29) is 11.5 Å². The lowest BCUT2D eigenvalue weighted by Gasteiger charge is -2.04. The van der Waals surface area contributed by atoms with E-state index in [2.05, 4.69) is 4.99 Å². The summed E-state index contributed by atoms with van der Waals surface area (Å²) in [4.78, 5) is 13.8. The lowest BCUT2D eigenvalue weighted by atomic mass is 10.2. The average molecular weight is 229 g/mol. The molecule has 5 N–H and O–H groups in total. The van der Waals surface area contributed by atoms with E-state index < -0.39 is 5.91 Å². The van der Waals surface area contributed by atoms with Crippen LogP contribution in [0.3, 0.4) is 0 Å². The maximum atomic E-state index is 11.6. The Balaban J connectivity index is 3.17. The summed E-state index contributed by atoms with van der Waals surface area (Å²) in [6, 6.07) is 4.68. The zero-order valence-electron chi connectivity index (χ0n) is 8.08. The zero-order chi connectivity index (χ0) is 11.4. The molecular formula is C9H11ClN3O2+. The molecule has 1 aromatic rings. The molecule has 0 aliphatic rings. The number of ether oxygens (including phenoxy) is 1. The summed E-state index contributed by atoms with van der Waals surface area (Å²) in [7, 11) is 1.45. The Kier molecular flexibility index (Phi) is 3.51. The minimum absolute atomic E-state index is 0.179.